The molecule has 0 fully saturated rings. The predicted octanol–water partition coefficient (Wildman–Crippen LogP) is 6.02. The molecule has 1 unspecified atom stereocenters. The number of hydrogen-bond donors (Lipinski definition) is 0. The summed E-state index contributed by atoms with van der Waals surface area (Å²) < 4.78 is 7.77. The van der Waals surface area contributed by atoms with E-state index in [0.29, 0.717) is 40.3 Å². The zero-order valence-corrected chi connectivity index (χ0v) is 21.8. The molecule has 1 atom stereocenters. The number of para-hydroxylation sites is 1. The molecular formula is C28H28BrN3O3. The number of fused-ring (bicyclic) bond motifs is 1. The zero-order chi connectivity index (χ0) is 25.1. The molecule has 0 saturated carbocycles. The lowest BCUT2D eigenvalue weighted by Gasteiger charge is -2.32. The molecule has 4 rings (SSSR count). The number of benzene rings is 3. The molecule has 0 aliphatic heterocycles. The van der Waals surface area contributed by atoms with Crippen molar-refractivity contribution in [3.05, 3.63) is 99.0 Å². The fraction of sp³-hybridized carbons (Fsp3) is 0.250. The Balaban J connectivity index is 1.88. The van der Waals surface area contributed by atoms with Gasteiger partial charge in [-0.05, 0) is 73.5 Å². The summed E-state index contributed by atoms with van der Waals surface area (Å²) in [6.07, 6.45) is 0. The van der Waals surface area contributed by atoms with Gasteiger partial charge in [0.25, 0.3) is 11.5 Å². The molecule has 0 saturated heterocycles. The van der Waals surface area contributed by atoms with E-state index in [4.69, 9.17) is 9.72 Å². The van der Waals surface area contributed by atoms with Crippen LogP contribution in [0.2, 0.25) is 0 Å². The molecule has 4 aromatic rings. The minimum absolute atomic E-state index is 0.126. The topological polar surface area (TPSA) is 64.4 Å². The molecule has 0 aliphatic rings. The smallest absolute Gasteiger partial charge is 0.266 e. The van der Waals surface area contributed by atoms with Gasteiger partial charge in [-0.15, -0.1) is 0 Å². The van der Waals surface area contributed by atoms with Gasteiger partial charge in [-0.2, -0.15) is 0 Å². The molecule has 1 amide bonds. The van der Waals surface area contributed by atoms with Crippen LogP contribution in [0.15, 0.2) is 82.1 Å². The normalized spacial score (nSPS) is 12.1. The summed E-state index contributed by atoms with van der Waals surface area (Å²) in [6, 6.07) is 21.4. The van der Waals surface area contributed by atoms with E-state index in [0.717, 1.165) is 4.47 Å². The van der Waals surface area contributed by atoms with E-state index in [1.54, 1.807) is 46.9 Å². The summed E-state index contributed by atoms with van der Waals surface area (Å²) in [5, 5.41) is 0.531. The summed E-state index contributed by atoms with van der Waals surface area (Å²) in [5.74, 6) is 1.29. The van der Waals surface area contributed by atoms with Crippen LogP contribution in [0.25, 0.3) is 16.6 Å². The van der Waals surface area contributed by atoms with Gasteiger partial charge >= 0.3 is 0 Å². The molecule has 6 nitrogen and oxygen atoms in total. The van der Waals surface area contributed by atoms with Gasteiger partial charge in [0.05, 0.1) is 29.7 Å². The number of methoxy groups -OCH3 is 1. The van der Waals surface area contributed by atoms with E-state index in [1.807, 2.05) is 49.4 Å². The van der Waals surface area contributed by atoms with Crippen LogP contribution in [-0.2, 0) is 0 Å². The number of ether oxygens (including phenoxy) is 1. The highest BCUT2D eigenvalue weighted by atomic mass is 79.9. The highest BCUT2D eigenvalue weighted by molar-refractivity contribution is 9.10. The second kappa shape index (κ2) is 10.4. The first kappa shape index (κ1) is 24.7. The standard InChI is InChI=1S/C28H28BrN3O3/c1-18(2)17-31(27(33)20-9-15-23(35-4)16-10-20)19(3)26-30-25-8-6-5-7-24(25)28(34)32(26)22-13-11-21(29)12-14-22/h5-16,18-19H,17H2,1-4H3. The summed E-state index contributed by atoms with van der Waals surface area (Å²) in [7, 11) is 1.59. The Morgan fingerprint density at radius 2 is 1.66 bits per heavy atom. The largest absolute Gasteiger partial charge is 0.497 e. The van der Waals surface area contributed by atoms with E-state index >= 15 is 0 Å². The summed E-state index contributed by atoms with van der Waals surface area (Å²) >= 11 is 3.46. The fourth-order valence-corrected chi connectivity index (χ4v) is 4.38. The van der Waals surface area contributed by atoms with Crippen molar-refractivity contribution in [1.29, 1.82) is 0 Å². The number of carbonyl (C=O) groups is 1. The van der Waals surface area contributed by atoms with Gasteiger partial charge in [-0.3, -0.25) is 14.2 Å². The lowest BCUT2D eigenvalue weighted by atomic mass is 10.1. The first-order valence-electron chi connectivity index (χ1n) is 11.5. The van der Waals surface area contributed by atoms with Crippen LogP contribution >= 0.6 is 15.9 Å². The van der Waals surface area contributed by atoms with Crippen molar-refractivity contribution in [3.8, 4) is 11.4 Å². The number of halogens is 1. The molecule has 0 spiro atoms. The van der Waals surface area contributed by atoms with Crippen molar-refractivity contribution in [2.75, 3.05) is 13.7 Å². The first-order chi connectivity index (χ1) is 16.8. The van der Waals surface area contributed by atoms with Crippen molar-refractivity contribution in [2.24, 2.45) is 5.92 Å². The fourth-order valence-electron chi connectivity index (χ4n) is 4.12. The van der Waals surface area contributed by atoms with Crippen LogP contribution < -0.4 is 10.3 Å². The maximum absolute atomic E-state index is 13.7. The average molecular weight is 534 g/mol. The van der Waals surface area contributed by atoms with Crippen molar-refractivity contribution in [2.45, 2.75) is 26.8 Å². The Morgan fingerprint density at radius 1 is 1.00 bits per heavy atom. The summed E-state index contributed by atoms with van der Waals surface area (Å²) in [4.78, 5) is 34.1. The highest BCUT2D eigenvalue weighted by Crippen LogP contribution is 2.26. The van der Waals surface area contributed by atoms with E-state index in [2.05, 4.69) is 29.8 Å². The second-order valence-electron chi connectivity index (χ2n) is 8.86. The molecule has 1 heterocycles. The van der Waals surface area contributed by atoms with E-state index < -0.39 is 6.04 Å². The maximum Gasteiger partial charge on any atom is 0.266 e. The van der Waals surface area contributed by atoms with Crippen molar-refractivity contribution in [3.63, 3.8) is 0 Å². The van der Waals surface area contributed by atoms with Crippen LogP contribution in [0.4, 0.5) is 0 Å². The molecular weight excluding hydrogens is 506 g/mol. The number of nitrogens with zero attached hydrogens (tertiary/aromatic N) is 3. The van der Waals surface area contributed by atoms with Gasteiger partial charge in [-0.1, -0.05) is 41.9 Å². The molecule has 1 aromatic heterocycles. The summed E-state index contributed by atoms with van der Waals surface area (Å²) in [6.45, 7) is 6.57. The molecule has 180 valence electrons. The molecule has 0 radical (unpaired) electrons. The molecule has 35 heavy (non-hydrogen) atoms. The van der Waals surface area contributed by atoms with Crippen molar-refractivity contribution < 1.29 is 9.53 Å². The van der Waals surface area contributed by atoms with Crippen molar-refractivity contribution in [1.82, 2.24) is 14.5 Å². The molecule has 0 N–H and O–H groups in total. The minimum atomic E-state index is -0.465. The number of aromatic nitrogens is 2. The predicted molar refractivity (Wildman–Crippen MR) is 142 cm³/mol. The second-order valence-corrected chi connectivity index (χ2v) is 9.78. The lowest BCUT2D eigenvalue weighted by Crippen LogP contribution is -2.39. The Kier molecular flexibility index (Phi) is 7.36. The summed E-state index contributed by atoms with van der Waals surface area (Å²) in [5.41, 5.74) is 1.69. The molecule has 3 aromatic carbocycles. The number of hydrogen-bond acceptors (Lipinski definition) is 4. The van der Waals surface area contributed by atoms with Crippen molar-refractivity contribution >= 4 is 32.7 Å². The van der Waals surface area contributed by atoms with Crippen LogP contribution in [0.3, 0.4) is 0 Å². The third kappa shape index (κ3) is 5.15. The van der Waals surface area contributed by atoms with Crippen LogP contribution in [0.5, 0.6) is 5.75 Å². The van der Waals surface area contributed by atoms with Gasteiger partial charge in [0, 0.05) is 16.6 Å². The molecule has 7 heteroatoms. The van der Waals surface area contributed by atoms with Gasteiger partial charge < -0.3 is 9.64 Å². The van der Waals surface area contributed by atoms with E-state index in [1.165, 1.54) is 0 Å². The van der Waals surface area contributed by atoms with Crippen LogP contribution in [0, 0.1) is 5.92 Å². The third-order valence-electron chi connectivity index (χ3n) is 5.89. The zero-order valence-electron chi connectivity index (χ0n) is 20.2. The molecule has 0 bridgehead atoms. The number of carbonyl (C=O) groups excluding carboxylic acids is 1. The quantitative estimate of drug-likeness (QED) is 0.291. The molecule has 0 aliphatic carbocycles. The minimum Gasteiger partial charge on any atom is -0.497 e. The van der Waals surface area contributed by atoms with E-state index in [-0.39, 0.29) is 17.4 Å². The third-order valence-corrected chi connectivity index (χ3v) is 6.42. The highest BCUT2D eigenvalue weighted by Gasteiger charge is 2.28. The SMILES string of the molecule is COc1ccc(C(=O)N(CC(C)C)C(C)c2nc3ccccc3c(=O)n2-c2ccc(Br)cc2)cc1. The van der Waals surface area contributed by atoms with Gasteiger partial charge in [0.1, 0.15) is 11.6 Å². The van der Waals surface area contributed by atoms with Crippen LogP contribution in [-0.4, -0.2) is 34.0 Å². The van der Waals surface area contributed by atoms with Gasteiger partial charge in [0.2, 0.25) is 0 Å². The lowest BCUT2D eigenvalue weighted by molar-refractivity contribution is 0.0655. The Morgan fingerprint density at radius 3 is 2.29 bits per heavy atom. The number of amides is 1. The monoisotopic (exact) mass is 533 g/mol. The number of rotatable bonds is 7. The average Bonchev–Trinajstić information content (AvgIpc) is 2.87. The van der Waals surface area contributed by atoms with E-state index in [9.17, 15) is 9.59 Å². The van der Waals surface area contributed by atoms with Gasteiger partial charge in [0.15, 0.2) is 0 Å². The first-order valence-corrected chi connectivity index (χ1v) is 12.3. The van der Waals surface area contributed by atoms with Crippen LogP contribution in [0.1, 0.15) is 43.0 Å². The Hall–Kier alpha value is -3.45. The van der Waals surface area contributed by atoms with Gasteiger partial charge in [-0.25, -0.2) is 4.98 Å². The Bertz CT molecular complexity index is 1400. The maximum atomic E-state index is 13.7. The Labute approximate surface area is 213 Å².